The van der Waals surface area contributed by atoms with Gasteiger partial charge in [0.2, 0.25) is 0 Å². The lowest BCUT2D eigenvalue weighted by Crippen LogP contribution is -2.21. The van der Waals surface area contributed by atoms with Gasteiger partial charge in [0.1, 0.15) is 5.76 Å². The predicted octanol–water partition coefficient (Wildman–Crippen LogP) is 3.62. The van der Waals surface area contributed by atoms with E-state index in [0.717, 1.165) is 29.9 Å². The molecule has 1 aliphatic carbocycles. The average Bonchev–Trinajstić information content (AvgIpc) is 3.04. The Morgan fingerprint density at radius 3 is 2.71 bits per heavy atom. The highest BCUT2D eigenvalue weighted by Gasteiger charge is 2.26. The van der Waals surface area contributed by atoms with Crippen LogP contribution in [0, 0.1) is 0 Å². The summed E-state index contributed by atoms with van der Waals surface area (Å²) in [4.78, 5) is 12.2. The van der Waals surface area contributed by atoms with Gasteiger partial charge in [0.05, 0.1) is 12.0 Å². The lowest BCUT2D eigenvalue weighted by atomic mass is 9.84. The Bertz CT molecular complexity index is 618. The van der Waals surface area contributed by atoms with Crippen molar-refractivity contribution in [2.45, 2.75) is 25.2 Å². The number of hydrogen-bond acceptors (Lipinski definition) is 4. The lowest BCUT2D eigenvalue weighted by molar-refractivity contribution is -0.117. The maximum atomic E-state index is 12.2. The highest BCUT2D eigenvalue weighted by Crippen LogP contribution is 2.33. The topological polar surface area (TPSA) is 54.3 Å². The lowest BCUT2D eigenvalue weighted by Gasteiger charge is -2.21. The van der Waals surface area contributed by atoms with Gasteiger partial charge < -0.3 is 15.3 Å². The van der Waals surface area contributed by atoms with Crippen LogP contribution in [0.2, 0.25) is 0 Å². The Hall–Kier alpha value is -2.49. The van der Waals surface area contributed by atoms with E-state index in [1.165, 1.54) is 0 Å². The van der Waals surface area contributed by atoms with Crippen LogP contribution in [0.25, 0.3) is 0 Å². The third kappa shape index (κ3) is 3.34. The number of allylic oxidation sites excluding steroid dienone is 1. The summed E-state index contributed by atoms with van der Waals surface area (Å²) in [5.74, 6) is 1.31. The molecule has 108 valence electrons. The molecule has 0 aliphatic heterocycles. The monoisotopic (exact) mass is 282 g/mol. The molecule has 0 radical (unpaired) electrons. The number of benzene rings is 1. The second-order valence-corrected chi connectivity index (χ2v) is 5.18. The Morgan fingerprint density at radius 1 is 1.14 bits per heavy atom. The first-order valence-corrected chi connectivity index (χ1v) is 7.15. The quantitative estimate of drug-likeness (QED) is 0.664. The summed E-state index contributed by atoms with van der Waals surface area (Å²) in [6, 6.07) is 13.6. The molecule has 0 spiro atoms. The SMILES string of the molecule is O=C1C[C@@H](c2ccco2)CC/C1=C\NNc1ccccc1. The molecule has 1 atom stereocenters. The van der Waals surface area contributed by atoms with Crippen molar-refractivity contribution >= 4 is 11.5 Å². The van der Waals surface area contributed by atoms with Crippen LogP contribution in [0.15, 0.2) is 64.9 Å². The van der Waals surface area contributed by atoms with E-state index < -0.39 is 0 Å². The Kier molecular flexibility index (Phi) is 4.05. The fraction of sp³-hybridized carbons (Fsp3) is 0.235. The minimum Gasteiger partial charge on any atom is -0.469 e. The van der Waals surface area contributed by atoms with E-state index >= 15 is 0 Å². The van der Waals surface area contributed by atoms with Crippen molar-refractivity contribution in [1.29, 1.82) is 0 Å². The van der Waals surface area contributed by atoms with E-state index in [-0.39, 0.29) is 11.7 Å². The maximum absolute atomic E-state index is 12.2. The van der Waals surface area contributed by atoms with Crippen molar-refractivity contribution in [3.05, 3.63) is 66.3 Å². The molecule has 0 amide bonds. The summed E-state index contributed by atoms with van der Waals surface area (Å²) in [5, 5.41) is 0. The molecule has 2 aromatic rings. The highest BCUT2D eigenvalue weighted by molar-refractivity contribution is 5.96. The second kappa shape index (κ2) is 6.31. The zero-order valence-corrected chi connectivity index (χ0v) is 11.7. The van der Waals surface area contributed by atoms with Crippen LogP contribution in [-0.2, 0) is 4.79 Å². The number of hydrazine groups is 1. The number of nitrogens with one attached hydrogen (secondary N) is 2. The Labute approximate surface area is 123 Å². The molecule has 1 aliphatic rings. The molecule has 0 unspecified atom stereocenters. The van der Waals surface area contributed by atoms with Crippen molar-refractivity contribution in [3.63, 3.8) is 0 Å². The van der Waals surface area contributed by atoms with E-state index in [1.54, 1.807) is 12.5 Å². The number of anilines is 1. The summed E-state index contributed by atoms with van der Waals surface area (Å²) in [6.45, 7) is 0. The average molecular weight is 282 g/mol. The van der Waals surface area contributed by atoms with Crippen LogP contribution >= 0.6 is 0 Å². The number of para-hydroxylation sites is 1. The Morgan fingerprint density at radius 2 is 2.00 bits per heavy atom. The van der Waals surface area contributed by atoms with Crippen LogP contribution in [0.5, 0.6) is 0 Å². The Balaban J connectivity index is 1.55. The molecule has 2 N–H and O–H groups in total. The zero-order valence-electron chi connectivity index (χ0n) is 11.7. The number of Topliss-reactive ketones (excluding diaryl/α,β-unsaturated/α-hetero) is 1. The molecule has 1 heterocycles. The first kappa shape index (κ1) is 13.5. The van der Waals surface area contributed by atoms with Crippen molar-refractivity contribution in [2.75, 3.05) is 5.43 Å². The fourth-order valence-electron chi connectivity index (χ4n) is 2.57. The number of carbonyl (C=O) groups is 1. The van der Waals surface area contributed by atoms with E-state index in [4.69, 9.17) is 4.42 Å². The number of carbonyl (C=O) groups excluding carboxylic acids is 1. The molecule has 3 rings (SSSR count). The summed E-state index contributed by atoms with van der Waals surface area (Å²) in [7, 11) is 0. The molecular formula is C17H18N2O2. The molecule has 4 nitrogen and oxygen atoms in total. The molecule has 0 bridgehead atoms. The van der Waals surface area contributed by atoms with Crippen LogP contribution in [0.3, 0.4) is 0 Å². The molecule has 1 saturated carbocycles. The van der Waals surface area contributed by atoms with Gasteiger partial charge in [-0.05, 0) is 37.1 Å². The first-order chi connectivity index (χ1) is 10.3. The van der Waals surface area contributed by atoms with Crippen LogP contribution < -0.4 is 10.9 Å². The van der Waals surface area contributed by atoms with E-state index in [0.29, 0.717) is 6.42 Å². The summed E-state index contributed by atoms with van der Waals surface area (Å²) >= 11 is 0. The van der Waals surface area contributed by atoms with E-state index in [2.05, 4.69) is 10.9 Å². The van der Waals surface area contributed by atoms with Gasteiger partial charge in [0.25, 0.3) is 0 Å². The minimum atomic E-state index is 0.185. The summed E-state index contributed by atoms with van der Waals surface area (Å²) < 4.78 is 5.40. The van der Waals surface area contributed by atoms with Crippen molar-refractivity contribution in [3.8, 4) is 0 Å². The first-order valence-electron chi connectivity index (χ1n) is 7.15. The van der Waals surface area contributed by atoms with Gasteiger partial charge in [-0.2, -0.15) is 0 Å². The molecule has 0 saturated heterocycles. The number of hydrogen-bond donors (Lipinski definition) is 2. The molecule has 4 heteroatoms. The van der Waals surface area contributed by atoms with Gasteiger partial charge in [-0.1, -0.05) is 18.2 Å². The third-order valence-electron chi connectivity index (χ3n) is 3.73. The minimum absolute atomic E-state index is 0.185. The van der Waals surface area contributed by atoms with Gasteiger partial charge >= 0.3 is 0 Å². The van der Waals surface area contributed by atoms with Crippen molar-refractivity contribution in [1.82, 2.24) is 5.43 Å². The van der Waals surface area contributed by atoms with Gasteiger partial charge in [-0.25, -0.2) is 0 Å². The zero-order chi connectivity index (χ0) is 14.5. The normalized spacial score (nSPS) is 20.5. The largest absolute Gasteiger partial charge is 0.469 e. The summed E-state index contributed by atoms with van der Waals surface area (Å²) in [6.07, 6.45) is 5.67. The van der Waals surface area contributed by atoms with Crippen LogP contribution in [0.4, 0.5) is 5.69 Å². The third-order valence-corrected chi connectivity index (χ3v) is 3.73. The maximum Gasteiger partial charge on any atom is 0.161 e. The van der Waals surface area contributed by atoms with Crippen LogP contribution in [0.1, 0.15) is 30.9 Å². The fourth-order valence-corrected chi connectivity index (χ4v) is 2.57. The number of rotatable bonds is 4. The molecule has 1 fully saturated rings. The van der Waals surface area contributed by atoms with Crippen LogP contribution in [-0.4, -0.2) is 5.78 Å². The molecule has 1 aromatic carbocycles. The standard InChI is InChI=1S/C17H18N2O2/c20-16-11-13(17-7-4-10-21-17)8-9-14(16)12-18-19-15-5-2-1-3-6-15/h1-7,10,12-13,18-19H,8-9,11H2/b14-12+/t13-/m0/s1. The van der Waals surface area contributed by atoms with E-state index in [9.17, 15) is 4.79 Å². The van der Waals surface area contributed by atoms with E-state index in [1.807, 2.05) is 42.5 Å². The van der Waals surface area contributed by atoms with Gasteiger partial charge in [-0.15, -0.1) is 0 Å². The van der Waals surface area contributed by atoms with Gasteiger partial charge in [-0.3, -0.25) is 4.79 Å². The van der Waals surface area contributed by atoms with Gasteiger partial charge in [0, 0.05) is 24.1 Å². The highest BCUT2D eigenvalue weighted by atomic mass is 16.3. The molecule has 21 heavy (non-hydrogen) atoms. The van der Waals surface area contributed by atoms with Gasteiger partial charge in [0.15, 0.2) is 5.78 Å². The summed E-state index contributed by atoms with van der Waals surface area (Å²) in [5.41, 5.74) is 7.85. The molecular weight excluding hydrogens is 264 g/mol. The van der Waals surface area contributed by atoms with Crippen molar-refractivity contribution < 1.29 is 9.21 Å². The second-order valence-electron chi connectivity index (χ2n) is 5.18. The number of furan rings is 1. The van der Waals surface area contributed by atoms with Crippen molar-refractivity contribution in [2.24, 2.45) is 0 Å². The molecule has 1 aromatic heterocycles. The predicted molar refractivity (Wildman–Crippen MR) is 81.6 cm³/mol. The number of ketones is 1. The smallest absolute Gasteiger partial charge is 0.161 e.